The van der Waals surface area contributed by atoms with Gasteiger partial charge in [0.05, 0.1) is 37.1 Å². The van der Waals surface area contributed by atoms with Crippen molar-refractivity contribution in [1.82, 2.24) is 4.98 Å². The molecule has 0 aliphatic rings. The van der Waals surface area contributed by atoms with Crippen LogP contribution in [-0.4, -0.2) is 36.7 Å². The normalized spacial score (nSPS) is 10.4. The highest BCUT2D eigenvalue weighted by Crippen LogP contribution is 2.37. The molecule has 9 nitrogen and oxygen atoms in total. The van der Waals surface area contributed by atoms with E-state index in [1.54, 1.807) is 25.1 Å². The van der Waals surface area contributed by atoms with Crippen LogP contribution in [0.15, 0.2) is 42.6 Å². The lowest BCUT2D eigenvalue weighted by Crippen LogP contribution is -2.10. The fraction of sp³-hybridized carbons (Fsp3) is 0.200. The minimum Gasteiger partial charge on any atom is -0.495 e. The number of hydrogen-bond acceptors (Lipinski definition) is 8. The van der Waals surface area contributed by atoms with Crippen LogP contribution in [0.1, 0.15) is 17.3 Å². The second kappa shape index (κ2) is 8.42. The zero-order valence-corrected chi connectivity index (χ0v) is 16.1. The quantitative estimate of drug-likeness (QED) is 0.360. The maximum absolute atomic E-state index is 12.5. The van der Waals surface area contributed by atoms with Crippen LogP contribution in [-0.2, 0) is 4.74 Å². The van der Waals surface area contributed by atoms with E-state index in [0.717, 1.165) is 0 Å². The first-order valence-electron chi connectivity index (χ1n) is 8.72. The molecule has 1 heterocycles. The van der Waals surface area contributed by atoms with Crippen LogP contribution >= 0.6 is 0 Å². The third kappa shape index (κ3) is 3.88. The number of nitro benzene ring substituents is 1. The van der Waals surface area contributed by atoms with Crippen molar-refractivity contribution >= 4 is 33.9 Å². The number of esters is 1. The third-order valence-corrected chi connectivity index (χ3v) is 4.23. The van der Waals surface area contributed by atoms with E-state index in [1.807, 2.05) is 0 Å². The molecule has 0 fully saturated rings. The minimum atomic E-state index is -0.573. The molecule has 0 bridgehead atoms. The molecule has 0 amide bonds. The Morgan fingerprint density at radius 2 is 1.93 bits per heavy atom. The predicted octanol–water partition coefficient (Wildman–Crippen LogP) is 4.08. The smallest absolute Gasteiger partial charge is 0.341 e. The third-order valence-electron chi connectivity index (χ3n) is 4.23. The van der Waals surface area contributed by atoms with Gasteiger partial charge in [0, 0.05) is 23.7 Å². The van der Waals surface area contributed by atoms with E-state index in [4.69, 9.17) is 14.2 Å². The molecular weight excluding hydrogens is 378 g/mol. The zero-order chi connectivity index (χ0) is 21.0. The van der Waals surface area contributed by atoms with Crippen molar-refractivity contribution < 1.29 is 23.9 Å². The number of non-ortho nitro benzene ring substituents is 1. The molecule has 3 rings (SSSR count). The van der Waals surface area contributed by atoms with Crippen molar-refractivity contribution in [3.63, 3.8) is 0 Å². The van der Waals surface area contributed by atoms with Crippen LogP contribution in [0.25, 0.3) is 10.9 Å². The summed E-state index contributed by atoms with van der Waals surface area (Å²) in [6.07, 6.45) is 1.38. The molecule has 0 aliphatic heterocycles. The molecule has 1 aromatic heterocycles. The highest BCUT2D eigenvalue weighted by molar-refractivity contribution is 6.07. The van der Waals surface area contributed by atoms with Crippen LogP contribution in [0.4, 0.5) is 17.1 Å². The zero-order valence-electron chi connectivity index (χ0n) is 16.1. The Kier molecular flexibility index (Phi) is 5.77. The Labute approximate surface area is 166 Å². The summed E-state index contributed by atoms with van der Waals surface area (Å²) in [7, 11) is 2.97. The number of aromatic nitrogens is 1. The first-order chi connectivity index (χ1) is 14.0. The molecule has 0 radical (unpaired) electrons. The monoisotopic (exact) mass is 397 g/mol. The molecule has 1 N–H and O–H groups in total. The summed E-state index contributed by atoms with van der Waals surface area (Å²) in [5, 5.41) is 14.9. The SMILES string of the molecule is CCOC(=O)c1cnc2c(OC)cccc2c1Nc1cc([N+](=O)[O-])ccc1OC. The molecule has 0 atom stereocenters. The number of para-hydroxylation sites is 1. The molecule has 0 saturated heterocycles. The molecule has 29 heavy (non-hydrogen) atoms. The van der Waals surface area contributed by atoms with Crippen molar-refractivity contribution in [2.75, 3.05) is 26.1 Å². The molecule has 3 aromatic rings. The van der Waals surface area contributed by atoms with Gasteiger partial charge in [-0.2, -0.15) is 0 Å². The Balaban J connectivity index is 2.24. The molecule has 150 valence electrons. The fourth-order valence-electron chi connectivity index (χ4n) is 2.90. The van der Waals surface area contributed by atoms with Gasteiger partial charge in [0.2, 0.25) is 0 Å². The van der Waals surface area contributed by atoms with Gasteiger partial charge in [-0.1, -0.05) is 12.1 Å². The first-order valence-corrected chi connectivity index (χ1v) is 8.72. The summed E-state index contributed by atoms with van der Waals surface area (Å²) >= 11 is 0. The van der Waals surface area contributed by atoms with Gasteiger partial charge in [0.15, 0.2) is 0 Å². The number of pyridine rings is 1. The van der Waals surface area contributed by atoms with E-state index >= 15 is 0 Å². The van der Waals surface area contributed by atoms with E-state index in [2.05, 4.69) is 10.3 Å². The maximum Gasteiger partial charge on any atom is 0.341 e. The average molecular weight is 397 g/mol. The summed E-state index contributed by atoms with van der Waals surface area (Å²) < 4.78 is 15.8. The van der Waals surface area contributed by atoms with Gasteiger partial charge in [-0.3, -0.25) is 15.1 Å². The molecule has 0 aliphatic carbocycles. The predicted molar refractivity (Wildman–Crippen MR) is 107 cm³/mol. The molecule has 0 spiro atoms. The molecule has 0 saturated carbocycles. The van der Waals surface area contributed by atoms with Crippen molar-refractivity contribution in [3.05, 3.63) is 58.3 Å². The second-order valence-corrected chi connectivity index (χ2v) is 5.89. The van der Waals surface area contributed by atoms with Crippen molar-refractivity contribution in [2.24, 2.45) is 0 Å². The lowest BCUT2D eigenvalue weighted by Gasteiger charge is -2.17. The fourth-order valence-corrected chi connectivity index (χ4v) is 2.90. The molecular formula is C20H19N3O6. The number of hydrogen-bond donors (Lipinski definition) is 1. The van der Waals surface area contributed by atoms with Gasteiger partial charge in [-0.05, 0) is 19.1 Å². The topological polar surface area (TPSA) is 113 Å². The summed E-state index contributed by atoms with van der Waals surface area (Å²) in [6, 6.07) is 9.42. The minimum absolute atomic E-state index is 0.123. The number of nitro groups is 1. The summed E-state index contributed by atoms with van der Waals surface area (Å²) in [5.41, 5.74) is 1.28. The molecule has 0 unspecified atom stereocenters. The standard InChI is InChI=1S/C20H19N3O6/c1-4-29-20(24)14-11-21-19-13(6-5-7-17(19)28-3)18(14)22-15-10-12(23(25)26)8-9-16(15)27-2/h5-11H,4H2,1-3H3,(H,21,22). The number of carbonyl (C=O) groups is 1. The number of carbonyl (C=O) groups excluding carboxylic acids is 1. The van der Waals surface area contributed by atoms with Crippen molar-refractivity contribution in [2.45, 2.75) is 6.92 Å². The molecule has 9 heteroatoms. The summed E-state index contributed by atoms with van der Waals surface area (Å²) in [4.78, 5) is 27.5. The van der Waals surface area contributed by atoms with Crippen LogP contribution in [0.3, 0.4) is 0 Å². The van der Waals surface area contributed by atoms with E-state index in [0.29, 0.717) is 33.8 Å². The Morgan fingerprint density at radius 1 is 1.17 bits per heavy atom. The first kappa shape index (κ1) is 19.9. The number of methoxy groups -OCH3 is 2. The van der Waals surface area contributed by atoms with Gasteiger partial charge < -0.3 is 19.5 Å². The number of benzene rings is 2. The van der Waals surface area contributed by atoms with E-state index in [-0.39, 0.29) is 17.9 Å². The second-order valence-electron chi connectivity index (χ2n) is 5.89. The van der Waals surface area contributed by atoms with Gasteiger partial charge in [-0.15, -0.1) is 0 Å². The largest absolute Gasteiger partial charge is 0.495 e. The van der Waals surface area contributed by atoms with Crippen molar-refractivity contribution in [1.29, 1.82) is 0 Å². The van der Waals surface area contributed by atoms with Gasteiger partial charge >= 0.3 is 5.97 Å². The van der Waals surface area contributed by atoms with E-state index in [9.17, 15) is 14.9 Å². The van der Waals surface area contributed by atoms with Crippen LogP contribution < -0.4 is 14.8 Å². The number of fused-ring (bicyclic) bond motifs is 1. The summed E-state index contributed by atoms with van der Waals surface area (Å²) in [6.45, 7) is 1.89. The van der Waals surface area contributed by atoms with E-state index < -0.39 is 10.9 Å². The molecule has 2 aromatic carbocycles. The van der Waals surface area contributed by atoms with Crippen LogP contribution in [0.2, 0.25) is 0 Å². The number of nitrogens with one attached hydrogen (secondary N) is 1. The van der Waals surface area contributed by atoms with Crippen LogP contribution in [0, 0.1) is 10.1 Å². The maximum atomic E-state index is 12.5. The Hall–Kier alpha value is -3.88. The lowest BCUT2D eigenvalue weighted by molar-refractivity contribution is -0.384. The van der Waals surface area contributed by atoms with Gasteiger partial charge in [-0.25, -0.2) is 4.79 Å². The highest BCUT2D eigenvalue weighted by atomic mass is 16.6. The average Bonchev–Trinajstić information content (AvgIpc) is 2.73. The Bertz CT molecular complexity index is 1080. The number of anilines is 2. The number of nitrogens with zero attached hydrogens (tertiary/aromatic N) is 2. The van der Waals surface area contributed by atoms with Crippen molar-refractivity contribution in [3.8, 4) is 11.5 Å². The lowest BCUT2D eigenvalue weighted by atomic mass is 10.1. The van der Waals surface area contributed by atoms with Gasteiger partial charge in [0.1, 0.15) is 22.6 Å². The van der Waals surface area contributed by atoms with Crippen LogP contribution in [0.5, 0.6) is 11.5 Å². The van der Waals surface area contributed by atoms with Gasteiger partial charge in [0.25, 0.3) is 5.69 Å². The Morgan fingerprint density at radius 3 is 2.59 bits per heavy atom. The number of ether oxygens (including phenoxy) is 3. The highest BCUT2D eigenvalue weighted by Gasteiger charge is 2.20. The van der Waals surface area contributed by atoms with E-state index in [1.165, 1.54) is 38.6 Å². The summed E-state index contributed by atoms with van der Waals surface area (Å²) in [5.74, 6) is 0.321. The number of rotatable bonds is 7.